The molecule has 0 unspecified atom stereocenters. The maximum absolute atomic E-state index is 5.71. The molecule has 0 aliphatic rings. The number of benzene rings is 1. The summed E-state index contributed by atoms with van der Waals surface area (Å²) in [5.41, 5.74) is 2.94. The van der Waals surface area contributed by atoms with E-state index < -0.39 is 0 Å². The summed E-state index contributed by atoms with van der Waals surface area (Å²) < 4.78 is 5.71. The minimum atomic E-state index is 0.612. The summed E-state index contributed by atoms with van der Waals surface area (Å²) in [5.74, 6) is 1.74. The first-order valence-electron chi connectivity index (χ1n) is 7.19. The van der Waals surface area contributed by atoms with Gasteiger partial charge < -0.3 is 15.0 Å². The molecule has 0 saturated carbocycles. The molecule has 2 aromatic rings. The van der Waals surface area contributed by atoms with Crippen molar-refractivity contribution >= 4 is 17.3 Å². The normalized spacial score (nSPS) is 11.3. The van der Waals surface area contributed by atoms with Crippen molar-refractivity contribution < 1.29 is 4.74 Å². The van der Waals surface area contributed by atoms with Crippen LogP contribution in [0.25, 0.3) is 0 Å². The van der Waals surface area contributed by atoms with Gasteiger partial charge in [0.2, 0.25) is 0 Å². The first-order valence-corrected chi connectivity index (χ1v) is 8.07. The van der Waals surface area contributed by atoms with Gasteiger partial charge in [0, 0.05) is 19.0 Å². The van der Waals surface area contributed by atoms with E-state index in [9.17, 15) is 0 Å². The molecule has 0 saturated heterocycles. The van der Waals surface area contributed by atoms with E-state index in [4.69, 9.17) is 4.74 Å². The summed E-state index contributed by atoms with van der Waals surface area (Å²) >= 11 is 1.66. The van der Waals surface area contributed by atoms with Crippen LogP contribution >= 0.6 is 11.3 Å². The summed E-state index contributed by atoms with van der Waals surface area (Å²) in [7, 11) is 3.79. The van der Waals surface area contributed by atoms with Crippen LogP contribution < -0.4 is 10.1 Å². The predicted molar refractivity (Wildman–Crippen MR) is 91.6 cm³/mol. The molecular weight excluding hydrogens is 296 g/mol. The highest BCUT2D eigenvalue weighted by atomic mass is 32.1. The smallest absolute Gasteiger partial charge is 0.193 e. The van der Waals surface area contributed by atoms with Gasteiger partial charge in [0.1, 0.15) is 12.4 Å². The average molecular weight is 318 g/mol. The van der Waals surface area contributed by atoms with Crippen LogP contribution in [0.3, 0.4) is 0 Å². The quantitative estimate of drug-likeness (QED) is 0.657. The first-order chi connectivity index (χ1) is 10.7. The molecule has 2 rings (SSSR count). The molecule has 0 aliphatic carbocycles. The van der Waals surface area contributed by atoms with E-state index >= 15 is 0 Å². The van der Waals surface area contributed by atoms with Gasteiger partial charge in [0.15, 0.2) is 5.96 Å². The predicted octanol–water partition coefficient (Wildman–Crippen LogP) is 2.54. The van der Waals surface area contributed by atoms with Gasteiger partial charge in [0.05, 0.1) is 24.3 Å². The molecule has 0 atom stereocenters. The third kappa shape index (κ3) is 4.73. The number of likely N-dealkylation sites (N-methyl/N-ethyl adjacent to an activating group) is 1. The molecule has 1 N–H and O–H groups in total. The Morgan fingerprint density at radius 2 is 2.14 bits per heavy atom. The second-order valence-electron chi connectivity index (χ2n) is 4.84. The second-order valence-corrected chi connectivity index (χ2v) is 5.78. The van der Waals surface area contributed by atoms with Crippen molar-refractivity contribution in [3.8, 4) is 5.75 Å². The maximum atomic E-state index is 5.71. The van der Waals surface area contributed by atoms with Crippen LogP contribution in [0.4, 0.5) is 0 Å². The van der Waals surface area contributed by atoms with E-state index in [1.54, 1.807) is 18.4 Å². The van der Waals surface area contributed by atoms with Gasteiger partial charge in [0.25, 0.3) is 0 Å². The topological polar surface area (TPSA) is 49.8 Å². The Morgan fingerprint density at radius 3 is 2.77 bits per heavy atom. The molecular formula is C16H22N4OS. The zero-order valence-electron chi connectivity index (χ0n) is 13.2. The van der Waals surface area contributed by atoms with E-state index in [2.05, 4.69) is 20.2 Å². The van der Waals surface area contributed by atoms with Crippen molar-refractivity contribution in [3.05, 3.63) is 46.4 Å². The van der Waals surface area contributed by atoms with Crippen LogP contribution in [0, 0.1) is 6.92 Å². The lowest BCUT2D eigenvalue weighted by Crippen LogP contribution is -2.40. The van der Waals surface area contributed by atoms with Crippen molar-refractivity contribution in [2.75, 3.05) is 27.2 Å². The molecule has 1 heterocycles. The highest BCUT2D eigenvalue weighted by molar-refractivity contribution is 7.09. The Kier molecular flexibility index (Phi) is 6.21. The lowest BCUT2D eigenvalue weighted by Gasteiger charge is -2.22. The zero-order valence-corrected chi connectivity index (χ0v) is 14.1. The fourth-order valence-electron chi connectivity index (χ4n) is 1.96. The lowest BCUT2D eigenvalue weighted by atomic mass is 10.3. The summed E-state index contributed by atoms with van der Waals surface area (Å²) in [5, 5.41) is 3.35. The van der Waals surface area contributed by atoms with E-state index in [0.717, 1.165) is 30.5 Å². The molecule has 0 fully saturated rings. The first kappa shape index (κ1) is 16.3. The monoisotopic (exact) mass is 318 g/mol. The maximum Gasteiger partial charge on any atom is 0.193 e. The highest BCUT2D eigenvalue weighted by Gasteiger charge is 2.07. The molecule has 0 aliphatic heterocycles. The number of guanidine groups is 1. The number of para-hydroxylation sites is 1. The van der Waals surface area contributed by atoms with E-state index in [0.29, 0.717) is 6.61 Å². The number of hydrogen-bond acceptors (Lipinski definition) is 4. The molecule has 0 amide bonds. The molecule has 5 nitrogen and oxygen atoms in total. The molecule has 6 heteroatoms. The summed E-state index contributed by atoms with van der Waals surface area (Å²) in [6.45, 7) is 4.14. The standard InChI is InChI=1S/C16H22N4OS/c1-13-15(22-12-19-13)11-18-16(17-2)20(3)9-10-21-14-7-5-4-6-8-14/h4-8,12H,9-11H2,1-3H3,(H,17,18). The number of hydrogen-bond donors (Lipinski definition) is 1. The Bertz CT molecular complexity index is 597. The minimum Gasteiger partial charge on any atom is -0.492 e. The number of aliphatic imine (C=N–C) groups is 1. The van der Waals surface area contributed by atoms with Gasteiger partial charge in [-0.3, -0.25) is 4.99 Å². The summed E-state index contributed by atoms with van der Waals surface area (Å²) in [6.07, 6.45) is 0. The SMILES string of the molecule is CN=C(NCc1scnc1C)N(C)CCOc1ccccc1. The number of ether oxygens (including phenoxy) is 1. The summed E-state index contributed by atoms with van der Waals surface area (Å²) in [6, 6.07) is 9.83. The largest absolute Gasteiger partial charge is 0.492 e. The number of thiazole rings is 1. The Morgan fingerprint density at radius 1 is 1.36 bits per heavy atom. The van der Waals surface area contributed by atoms with Crippen LogP contribution in [-0.2, 0) is 6.54 Å². The van der Waals surface area contributed by atoms with Gasteiger partial charge in [-0.1, -0.05) is 18.2 Å². The fourth-order valence-corrected chi connectivity index (χ4v) is 2.68. The highest BCUT2D eigenvalue weighted by Crippen LogP contribution is 2.11. The molecule has 0 radical (unpaired) electrons. The molecule has 0 bridgehead atoms. The van der Waals surface area contributed by atoms with Crippen LogP contribution in [0.15, 0.2) is 40.8 Å². The number of rotatable bonds is 6. The van der Waals surface area contributed by atoms with Crippen molar-refractivity contribution in [1.29, 1.82) is 0 Å². The average Bonchev–Trinajstić information content (AvgIpc) is 2.94. The van der Waals surface area contributed by atoms with Gasteiger partial charge in [-0.2, -0.15) is 0 Å². The van der Waals surface area contributed by atoms with Crippen molar-refractivity contribution in [3.63, 3.8) is 0 Å². The second kappa shape index (κ2) is 8.38. The van der Waals surface area contributed by atoms with Crippen molar-refractivity contribution in [2.45, 2.75) is 13.5 Å². The number of aryl methyl sites for hydroxylation is 1. The number of nitrogens with zero attached hydrogens (tertiary/aromatic N) is 3. The van der Waals surface area contributed by atoms with Crippen LogP contribution in [0.1, 0.15) is 10.6 Å². The van der Waals surface area contributed by atoms with Crippen molar-refractivity contribution in [1.82, 2.24) is 15.2 Å². The molecule has 22 heavy (non-hydrogen) atoms. The number of aromatic nitrogens is 1. The van der Waals surface area contributed by atoms with Crippen molar-refractivity contribution in [2.24, 2.45) is 4.99 Å². The molecule has 0 spiro atoms. The van der Waals surface area contributed by atoms with Crippen LogP contribution in [0.2, 0.25) is 0 Å². The van der Waals surface area contributed by atoms with Gasteiger partial charge in [-0.15, -0.1) is 11.3 Å². The fraction of sp³-hybridized carbons (Fsp3) is 0.375. The molecule has 118 valence electrons. The minimum absolute atomic E-state index is 0.612. The van der Waals surface area contributed by atoms with Gasteiger partial charge >= 0.3 is 0 Å². The van der Waals surface area contributed by atoms with Crippen LogP contribution in [0.5, 0.6) is 5.75 Å². The Labute approximate surface area is 135 Å². The van der Waals surface area contributed by atoms with E-state index in [1.165, 1.54) is 4.88 Å². The molecule has 1 aromatic heterocycles. The third-order valence-electron chi connectivity index (χ3n) is 3.26. The Balaban J connectivity index is 1.77. The number of nitrogens with one attached hydrogen (secondary N) is 1. The third-order valence-corrected chi connectivity index (χ3v) is 4.20. The lowest BCUT2D eigenvalue weighted by molar-refractivity contribution is 0.281. The van der Waals surface area contributed by atoms with Gasteiger partial charge in [-0.25, -0.2) is 4.98 Å². The zero-order chi connectivity index (χ0) is 15.8. The van der Waals surface area contributed by atoms with Gasteiger partial charge in [-0.05, 0) is 19.1 Å². The summed E-state index contributed by atoms with van der Waals surface area (Å²) in [4.78, 5) is 11.8. The van der Waals surface area contributed by atoms with E-state index in [1.807, 2.05) is 49.8 Å². The van der Waals surface area contributed by atoms with E-state index in [-0.39, 0.29) is 0 Å². The van der Waals surface area contributed by atoms with Crippen LogP contribution in [-0.4, -0.2) is 43.1 Å². The molecule has 1 aromatic carbocycles. The Hall–Kier alpha value is -2.08.